The predicted molar refractivity (Wildman–Crippen MR) is 127 cm³/mol. The van der Waals surface area contributed by atoms with Crippen molar-refractivity contribution >= 4 is 28.8 Å². The molecule has 1 aliphatic heterocycles. The van der Waals surface area contributed by atoms with Crippen LogP contribution in [0, 0.1) is 5.82 Å². The average Bonchev–Trinajstić information content (AvgIpc) is 3.45. The van der Waals surface area contributed by atoms with E-state index >= 15 is 0 Å². The van der Waals surface area contributed by atoms with Crippen molar-refractivity contribution in [3.63, 3.8) is 0 Å². The van der Waals surface area contributed by atoms with Crippen molar-refractivity contribution in [3.05, 3.63) is 71.8 Å². The highest BCUT2D eigenvalue weighted by atomic mass is 19.1. The van der Waals surface area contributed by atoms with E-state index in [4.69, 9.17) is 0 Å². The van der Waals surface area contributed by atoms with Crippen molar-refractivity contribution in [1.82, 2.24) is 19.8 Å². The van der Waals surface area contributed by atoms with Gasteiger partial charge in [-0.3, -0.25) is 29.3 Å². The molecule has 1 aliphatic carbocycles. The summed E-state index contributed by atoms with van der Waals surface area (Å²) in [6.45, 7) is 0.305. The summed E-state index contributed by atoms with van der Waals surface area (Å²) in [5, 5.41) is 0. The van der Waals surface area contributed by atoms with Gasteiger partial charge in [0.05, 0.1) is 16.4 Å². The van der Waals surface area contributed by atoms with Crippen molar-refractivity contribution in [1.29, 1.82) is 0 Å². The van der Waals surface area contributed by atoms with Gasteiger partial charge in [0.25, 0.3) is 0 Å². The summed E-state index contributed by atoms with van der Waals surface area (Å²) >= 11 is 0. The number of carbonyl (C=O) groups excluding carboxylic acids is 3. The molecule has 2 fully saturated rings. The van der Waals surface area contributed by atoms with Gasteiger partial charge in [0.1, 0.15) is 5.82 Å². The minimum absolute atomic E-state index is 0.128. The third-order valence-corrected chi connectivity index (χ3v) is 7.25. The van der Waals surface area contributed by atoms with Crippen LogP contribution in [-0.4, -0.2) is 50.6 Å². The second kappa shape index (κ2) is 9.17. The Morgan fingerprint density at radius 2 is 1.83 bits per heavy atom. The van der Waals surface area contributed by atoms with E-state index in [0.29, 0.717) is 12.1 Å². The third kappa shape index (κ3) is 4.29. The summed E-state index contributed by atoms with van der Waals surface area (Å²) in [7, 11) is 1.67. The molecule has 5 rings (SSSR count). The van der Waals surface area contributed by atoms with Crippen LogP contribution in [0.1, 0.15) is 49.7 Å². The van der Waals surface area contributed by atoms with Gasteiger partial charge in [0.15, 0.2) is 0 Å². The molecule has 0 N–H and O–H groups in total. The van der Waals surface area contributed by atoms with E-state index < -0.39 is 11.2 Å². The number of halogens is 1. The van der Waals surface area contributed by atoms with E-state index in [1.165, 1.54) is 28.0 Å². The van der Waals surface area contributed by atoms with Gasteiger partial charge in [-0.05, 0) is 48.2 Å². The molecule has 2 aromatic carbocycles. The van der Waals surface area contributed by atoms with E-state index in [9.17, 15) is 18.8 Å². The van der Waals surface area contributed by atoms with Gasteiger partial charge in [-0.25, -0.2) is 4.39 Å². The normalized spacial score (nSPS) is 20.7. The van der Waals surface area contributed by atoms with Gasteiger partial charge in [0, 0.05) is 44.9 Å². The molecule has 180 valence electrons. The van der Waals surface area contributed by atoms with Crippen LogP contribution in [0.2, 0.25) is 0 Å². The number of fused-ring (bicyclic) bond motifs is 1. The number of amides is 3. The molecule has 1 saturated heterocycles. The van der Waals surface area contributed by atoms with Gasteiger partial charge in [-0.2, -0.15) is 0 Å². The third-order valence-electron chi connectivity index (χ3n) is 7.25. The lowest BCUT2D eigenvalue weighted by molar-refractivity contribution is -0.144. The summed E-state index contributed by atoms with van der Waals surface area (Å²) in [5.74, 6) is -1.46. The smallest absolute Gasteiger partial charge is 0.241 e. The number of rotatable bonds is 6. The average molecular weight is 475 g/mol. The second-order valence-corrected chi connectivity index (χ2v) is 9.58. The lowest BCUT2D eigenvalue weighted by atomic mass is 9.75. The number of likely N-dealkylation sites (tertiary alicyclic amines) is 1. The van der Waals surface area contributed by atoms with Crippen molar-refractivity contribution < 1.29 is 18.8 Å². The Bertz CT molecular complexity index is 1310. The molecule has 3 aromatic rings. The Hall–Kier alpha value is -3.68. The van der Waals surface area contributed by atoms with E-state index in [1.807, 2.05) is 18.2 Å². The molecule has 2 aliphatic rings. The molecule has 2 heterocycles. The molecule has 0 unspecified atom stereocenters. The van der Waals surface area contributed by atoms with Crippen LogP contribution in [0.5, 0.6) is 0 Å². The highest BCUT2D eigenvalue weighted by Gasteiger charge is 2.55. The monoisotopic (exact) mass is 474 g/mol. The van der Waals surface area contributed by atoms with Gasteiger partial charge in [0.2, 0.25) is 17.7 Å². The first-order valence-electron chi connectivity index (χ1n) is 11.9. The van der Waals surface area contributed by atoms with E-state index in [2.05, 4.69) is 9.97 Å². The standard InChI is InChI=1S/C27H27FN4O3/c1-31(17-18-9-10-22-23(13-18)30-12-11-29-22)24(33)15-27(19-5-4-6-20(28)14-19)16-25(34)32(26(27)35)21-7-2-3-8-21/h4-6,9-14,21H,2-3,7-8,15-17H2,1H3/t27-/m0/s1. The fraction of sp³-hybridized carbons (Fsp3) is 0.370. The Morgan fingerprint density at radius 1 is 1.09 bits per heavy atom. The lowest BCUT2D eigenvalue weighted by Crippen LogP contribution is -2.45. The Balaban J connectivity index is 1.42. The maximum atomic E-state index is 14.2. The van der Waals surface area contributed by atoms with Crippen molar-refractivity contribution in [3.8, 4) is 0 Å². The molecule has 1 saturated carbocycles. The fourth-order valence-electron chi connectivity index (χ4n) is 5.41. The van der Waals surface area contributed by atoms with Crippen LogP contribution in [0.3, 0.4) is 0 Å². The fourth-order valence-corrected chi connectivity index (χ4v) is 5.41. The van der Waals surface area contributed by atoms with Crippen LogP contribution in [-0.2, 0) is 26.3 Å². The molecule has 8 heteroatoms. The number of hydrogen-bond acceptors (Lipinski definition) is 5. The van der Waals surface area contributed by atoms with Crippen LogP contribution in [0.25, 0.3) is 11.0 Å². The van der Waals surface area contributed by atoms with Gasteiger partial charge in [-0.15, -0.1) is 0 Å². The first-order chi connectivity index (χ1) is 16.9. The summed E-state index contributed by atoms with van der Waals surface area (Å²) in [6, 6.07) is 11.2. The zero-order valence-electron chi connectivity index (χ0n) is 19.6. The van der Waals surface area contributed by atoms with Crippen molar-refractivity contribution in [2.24, 2.45) is 0 Å². The minimum atomic E-state index is -1.40. The van der Waals surface area contributed by atoms with E-state index in [1.54, 1.807) is 25.5 Å². The molecule has 3 amide bonds. The highest BCUT2D eigenvalue weighted by Crippen LogP contribution is 2.43. The summed E-state index contributed by atoms with van der Waals surface area (Å²) in [4.78, 5) is 51.8. The first kappa shape index (κ1) is 23.1. The van der Waals surface area contributed by atoms with E-state index in [-0.39, 0.29) is 36.6 Å². The van der Waals surface area contributed by atoms with Crippen molar-refractivity contribution in [2.45, 2.75) is 56.5 Å². The summed E-state index contributed by atoms with van der Waals surface area (Å²) < 4.78 is 14.2. The Labute approximate surface area is 203 Å². The van der Waals surface area contributed by atoms with Crippen LogP contribution < -0.4 is 0 Å². The minimum Gasteiger partial charge on any atom is -0.341 e. The zero-order valence-corrected chi connectivity index (χ0v) is 19.6. The lowest BCUT2D eigenvalue weighted by Gasteiger charge is -2.30. The predicted octanol–water partition coefficient (Wildman–Crippen LogP) is 3.76. The molecule has 7 nitrogen and oxygen atoms in total. The summed E-state index contributed by atoms with van der Waals surface area (Å²) in [5.41, 5.74) is 1.33. The quantitative estimate of drug-likeness (QED) is 0.508. The number of benzene rings is 2. The number of aromatic nitrogens is 2. The molecule has 1 atom stereocenters. The number of imide groups is 1. The zero-order chi connectivity index (χ0) is 24.6. The molecule has 0 spiro atoms. The topological polar surface area (TPSA) is 83.5 Å². The molecule has 0 radical (unpaired) electrons. The molecule has 0 bridgehead atoms. The van der Waals surface area contributed by atoms with E-state index in [0.717, 1.165) is 42.3 Å². The largest absolute Gasteiger partial charge is 0.341 e. The Morgan fingerprint density at radius 3 is 2.57 bits per heavy atom. The van der Waals surface area contributed by atoms with Crippen LogP contribution in [0.15, 0.2) is 54.9 Å². The number of nitrogens with zero attached hydrogens (tertiary/aromatic N) is 4. The molecule has 1 aromatic heterocycles. The number of hydrogen-bond donors (Lipinski definition) is 0. The Kier molecular flexibility index (Phi) is 6.05. The highest BCUT2D eigenvalue weighted by molar-refractivity contribution is 6.11. The van der Waals surface area contributed by atoms with Crippen molar-refractivity contribution in [2.75, 3.05) is 7.05 Å². The van der Waals surface area contributed by atoms with Gasteiger partial charge < -0.3 is 4.90 Å². The summed E-state index contributed by atoms with van der Waals surface area (Å²) in [6.07, 6.45) is 6.38. The maximum Gasteiger partial charge on any atom is 0.241 e. The molecule has 35 heavy (non-hydrogen) atoms. The molecular formula is C27H27FN4O3. The van der Waals surface area contributed by atoms with Crippen LogP contribution >= 0.6 is 0 Å². The maximum absolute atomic E-state index is 14.2. The van der Waals surface area contributed by atoms with Gasteiger partial charge in [-0.1, -0.05) is 31.0 Å². The number of carbonyl (C=O) groups is 3. The molecular weight excluding hydrogens is 447 g/mol. The second-order valence-electron chi connectivity index (χ2n) is 9.58. The SMILES string of the molecule is CN(Cc1ccc2nccnc2c1)C(=O)C[C@@]1(c2cccc(F)c2)CC(=O)N(C2CCCC2)C1=O. The first-order valence-corrected chi connectivity index (χ1v) is 11.9. The van der Waals surface area contributed by atoms with Crippen LogP contribution in [0.4, 0.5) is 4.39 Å². The van der Waals surface area contributed by atoms with Gasteiger partial charge >= 0.3 is 0 Å².